The number of benzene rings is 2. The van der Waals surface area contributed by atoms with Crippen molar-refractivity contribution in [3.05, 3.63) is 53.8 Å². The lowest BCUT2D eigenvalue weighted by Gasteiger charge is -2.22. The molecule has 1 aliphatic rings. The SMILES string of the molecule is COc1ccc(NS(=O)(=O)c2cc(C(=O)NC3CCCCC3)ccc2F)cc1. The van der Waals surface area contributed by atoms with Crippen LogP contribution in [-0.2, 0) is 10.0 Å². The van der Waals surface area contributed by atoms with Gasteiger partial charge in [0.25, 0.3) is 15.9 Å². The van der Waals surface area contributed by atoms with Gasteiger partial charge in [-0.15, -0.1) is 0 Å². The van der Waals surface area contributed by atoms with E-state index in [0.717, 1.165) is 44.2 Å². The summed E-state index contributed by atoms with van der Waals surface area (Å²) in [6, 6.07) is 9.62. The van der Waals surface area contributed by atoms with E-state index in [0.29, 0.717) is 5.75 Å². The van der Waals surface area contributed by atoms with Crippen LogP contribution in [0.3, 0.4) is 0 Å². The molecule has 0 bridgehead atoms. The molecule has 0 spiro atoms. The number of hydrogen-bond donors (Lipinski definition) is 2. The van der Waals surface area contributed by atoms with Gasteiger partial charge in [0.1, 0.15) is 16.5 Å². The van der Waals surface area contributed by atoms with E-state index in [2.05, 4.69) is 10.0 Å². The van der Waals surface area contributed by atoms with Crippen molar-refractivity contribution in [2.45, 2.75) is 43.0 Å². The number of methoxy groups -OCH3 is 1. The number of ether oxygens (including phenoxy) is 1. The van der Waals surface area contributed by atoms with Crippen molar-refractivity contribution in [1.82, 2.24) is 5.32 Å². The minimum absolute atomic E-state index is 0.0729. The maximum atomic E-state index is 14.2. The molecule has 0 radical (unpaired) electrons. The molecule has 0 unspecified atom stereocenters. The summed E-state index contributed by atoms with van der Waals surface area (Å²) in [5.41, 5.74) is 0.374. The molecule has 0 saturated heterocycles. The number of nitrogens with one attached hydrogen (secondary N) is 2. The molecule has 0 heterocycles. The van der Waals surface area contributed by atoms with E-state index < -0.39 is 26.6 Å². The van der Waals surface area contributed by atoms with Gasteiger partial charge in [-0.05, 0) is 55.3 Å². The zero-order chi connectivity index (χ0) is 20.1. The molecule has 150 valence electrons. The van der Waals surface area contributed by atoms with Crippen LogP contribution in [0.4, 0.5) is 10.1 Å². The third-order valence-corrected chi connectivity index (χ3v) is 6.16. The van der Waals surface area contributed by atoms with Gasteiger partial charge in [-0.2, -0.15) is 0 Å². The van der Waals surface area contributed by atoms with Crippen molar-refractivity contribution in [2.24, 2.45) is 0 Å². The summed E-state index contributed by atoms with van der Waals surface area (Å²) in [6.07, 6.45) is 5.07. The van der Waals surface area contributed by atoms with Crippen molar-refractivity contribution in [3.8, 4) is 5.75 Å². The summed E-state index contributed by atoms with van der Waals surface area (Å²) in [4.78, 5) is 11.9. The number of anilines is 1. The quantitative estimate of drug-likeness (QED) is 0.766. The summed E-state index contributed by atoms with van der Waals surface area (Å²) in [5, 5.41) is 2.91. The Labute approximate surface area is 164 Å². The molecule has 0 aliphatic heterocycles. The molecule has 28 heavy (non-hydrogen) atoms. The summed E-state index contributed by atoms with van der Waals surface area (Å²) in [6.45, 7) is 0. The Morgan fingerprint density at radius 2 is 1.75 bits per heavy atom. The summed E-state index contributed by atoms with van der Waals surface area (Å²) >= 11 is 0. The van der Waals surface area contributed by atoms with Crippen LogP contribution < -0.4 is 14.8 Å². The van der Waals surface area contributed by atoms with Crippen LogP contribution in [-0.4, -0.2) is 27.5 Å². The van der Waals surface area contributed by atoms with Crippen LogP contribution in [0.2, 0.25) is 0 Å². The fourth-order valence-electron chi connectivity index (χ4n) is 3.24. The monoisotopic (exact) mass is 406 g/mol. The van der Waals surface area contributed by atoms with Crippen molar-refractivity contribution in [1.29, 1.82) is 0 Å². The lowest BCUT2D eigenvalue weighted by molar-refractivity contribution is 0.0927. The van der Waals surface area contributed by atoms with Crippen LogP contribution in [0.5, 0.6) is 5.75 Å². The van der Waals surface area contributed by atoms with E-state index in [1.54, 1.807) is 12.1 Å². The van der Waals surface area contributed by atoms with Crippen LogP contribution in [0, 0.1) is 5.82 Å². The number of rotatable bonds is 6. The number of hydrogen-bond acceptors (Lipinski definition) is 4. The van der Waals surface area contributed by atoms with Gasteiger partial charge < -0.3 is 10.1 Å². The number of amides is 1. The maximum absolute atomic E-state index is 14.2. The first-order valence-electron chi connectivity index (χ1n) is 9.16. The van der Waals surface area contributed by atoms with Crippen molar-refractivity contribution < 1.29 is 22.3 Å². The number of carbonyl (C=O) groups is 1. The van der Waals surface area contributed by atoms with Crippen LogP contribution in [0.1, 0.15) is 42.5 Å². The molecule has 1 saturated carbocycles. The molecular formula is C20H23FN2O4S. The second-order valence-electron chi connectivity index (χ2n) is 6.79. The first kappa shape index (κ1) is 20.1. The third-order valence-electron chi connectivity index (χ3n) is 4.77. The van der Waals surface area contributed by atoms with Crippen LogP contribution >= 0.6 is 0 Å². The van der Waals surface area contributed by atoms with Crippen molar-refractivity contribution in [2.75, 3.05) is 11.8 Å². The van der Waals surface area contributed by atoms with Gasteiger partial charge in [0.15, 0.2) is 0 Å². The molecular weight excluding hydrogens is 383 g/mol. The number of carbonyl (C=O) groups excluding carboxylic acids is 1. The summed E-state index contributed by atoms with van der Waals surface area (Å²) < 4.78 is 46.8. The zero-order valence-corrected chi connectivity index (χ0v) is 16.4. The Morgan fingerprint density at radius 1 is 1.07 bits per heavy atom. The average Bonchev–Trinajstić information content (AvgIpc) is 2.69. The van der Waals surface area contributed by atoms with Gasteiger partial charge >= 0.3 is 0 Å². The Hall–Kier alpha value is -2.61. The first-order chi connectivity index (χ1) is 13.4. The average molecular weight is 406 g/mol. The largest absolute Gasteiger partial charge is 0.497 e. The van der Waals surface area contributed by atoms with E-state index in [-0.39, 0.29) is 17.3 Å². The highest BCUT2D eigenvalue weighted by Gasteiger charge is 2.23. The van der Waals surface area contributed by atoms with Crippen LogP contribution in [0.25, 0.3) is 0 Å². The second-order valence-corrected chi connectivity index (χ2v) is 8.44. The molecule has 1 amide bonds. The lowest BCUT2D eigenvalue weighted by atomic mass is 9.95. The Kier molecular flexibility index (Phi) is 6.18. The highest BCUT2D eigenvalue weighted by Crippen LogP contribution is 2.23. The Balaban J connectivity index is 1.79. The Bertz CT molecular complexity index is 939. The first-order valence-corrected chi connectivity index (χ1v) is 10.6. The van der Waals surface area contributed by atoms with Gasteiger partial charge in [-0.1, -0.05) is 19.3 Å². The fourth-order valence-corrected chi connectivity index (χ4v) is 4.40. The van der Waals surface area contributed by atoms with Gasteiger partial charge in [-0.25, -0.2) is 12.8 Å². The number of sulfonamides is 1. The normalized spacial score (nSPS) is 15.1. The molecule has 8 heteroatoms. The standard InChI is InChI=1S/C20H23FN2O4S/c1-27-17-10-8-16(9-11-17)23-28(25,26)19-13-14(7-12-18(19)21)20(24)22-15-5-3-2-4-6-15/h7-13,15,23H,2-6H2,1H3,(H,22,24). The second kappa shape index (κ2) is 8.60. The summed E-state index contributed by atoms with van der Waals surface area (Å²) in [7, 11) is -2.70. The predicted octanol–water partition coefficient (Wildman–Crippen LogP) is 3.70. The van der Waals surface area contributed by atoms with E-state index in [1.165, 1.54) is 25.3 Å². The molecule has 1 aliphatic carbocycles. The molecule has 0 aromatic heterocycles. The lowest BCUT2D eigenvalue weighted by Crippen LogP contribution is -2.36. The van der Waals surface area contributed by atoms with E-state index >= 15 is 0 Å². The van der Waals surface area contributed by atoms with Gasteiger partial charge in [0, 0.05) is 17.3 Å². The van der Waals surface area contributed by atoms with E-state index in [1.807, 2.05) is 0 Å². The predicted molar refractivity (Wildman–Crippen MR) is 105 cm³/mol. The molecule has 2 N–H and O–H groups in total. The van der Waals surface area contributed by atoms with Crippen molar-refractivity contribution >= 4 is 21.6 Å². The molecule has 0 atom stereocenters. The van der Waals surface area contributed by atoms with E-state index in [4.69, 9.17) is 4.74 Å². The van der Waals surface area contributed by atoms with Gasteiger partial charge in [0.2, 0.25) is 0 Å². The smallest absolute Gasteiger partial charge is 0.264 e. The maximum Gasteiger partial charge on any atom is 0.264 e. The van der Waals surface area contributed by atoms with Crippen LogP contribution in [0.15, 0.2) is 47.4 Å². The molecule has 2 aromatic rings. The Morgan fingerprint density at radius 3 is 2.39 bits per heavy atom. The highest BCUT2D eigenvalue weighted by molar-refractivity contribution is 7.92. The zero-order valence-electron chi connectivity index (χ0n) is 15.6. The number of halogens is 1. The minimum atomic E-state index is -4.20. The third kappa shape index (κ3) is 4.81. The highest BCUT2D eigenvalue weighted by atomic mass is 32.2. The molecule has 1 fully saturated rings. The molecule has 6 nitrogen and oxygen atoms in total. The van der Waals surface area contributed by atoms with Gasteiger partial charge in [-0.3, -0.25) is 9.52 Å². The molecule has 2 aromatic carbocycles. The fraction of sp³-hybridized carbons (Fsp3) is 0.350. The minimum Gasteiger partial charge on any atom is -0.497 e. The molecule has 3 rings (SSSR count). The van der Waals surface area contributed by atoms with Gasteiger partial charge in [0.05, 0.1) is 7.11 Å². The summed E-state index contributed by atoms with van der Waals surface area (Å²) in [5.74, 6) is -0.751. The van der Waals surface area contributed by atoms with E-state index in [9.17, 15) is 17.6 Å². The topological polar surface area (TPSA) is 84.5 Å². The van der Waals surface area contributed by atoms with Crippen molar-refractivity contribution in [3.63, 3.8) is 0 Å².